The van der Waals surface area contributed by atoms with Gasteiger partial charge in [-0.2, -0.15) is 0 Å². The highest BCUT2D eigenvalue weighted by molar-refractivity contribution is 6.42. The number of aliphatic hydroxyl groups is 1. The number of aliphatic hydroxyl groups excluding tert-OH is 1. The van der Waals surface area contributed by atoms with E-state index in [9.17, 15) is 5.11 Å². The third-order valence-electron chi connectivity index (χ3n) is 2.37. The third-order valence-corrected chi connectivity index (χ3v) is 3.53. The van der Waals surface area contributed by atoms with Gasteiger partial charge in [0.05, 0.1) is 11.6 Å². The minimum atomic E-state index is -0.215. The molecule has 2 aromatic carbocycles. The minimum Gasteiger partial charge on any atom is -0.455 e. The highest BCUT2D eigenvalue weighted by Crippen LogP contribution is 2.37. The Kier molecular flexibility index (Phi) is 4.36. The zero-order chi connectivity index (χ0) is 13.1. The van der Waals surface area contributed by atoms with Crippen LogP contribution in [0.5, 0.6) is 11.5 Å². The molecule has 0 unspecified atom stereocenters. The maximum atomic E-state index is 9.28. The van der Waals surface area contributed by atoms with Crippen molar-refractivity contribution in [3.8, 4) is 11.5 Å². The number of halogens is 3. The maximum Gasteiger partial charge on any atom is 0.147 e. The first-order valence-electron chi connectivity index (χ1n) is 5.13. The number of benzene rings is 2. The molecule has 18 heavy (non-hydrogen) atoms. The Bertz CT molecular complexity index is 570. The average molecular weight is 304 g/mol. The molecule has 2 nitrogen and oxygen atoms in total. The first kappa shape index (κ1) is 13.5. The van der Waals surface area contributed by atoms with Crippen LogP contribution < -0.4 is 4.74 Å². The van der Waals surface area contributed by atoms with Crippen molar-refractivity contribution in [1.82, 2.24) is 0 Å². The Hall–Kier alpha value is -0.930. The maximum absolute atomic E-state index is 9.28. The summed E-state index contributed by atoms with van der Waals surface area (Å²) in [6.07, 6.45) is 0. The molecule has 0 heterocycles. The van der Waals surface area contributed by atoms with Crippen LogP contribution in [0.2, 0.25) is 15.1 Å². The van der Waals surface area contributed by atoms with Gasteiger partial charge in [-0.25, -0.2) is 0 Å². The van der Waals surface area contributed by atoms with Crippen molar-refractivity contribution in [2.75, 3.05) is 0 Å². The molecule has 0 radical (unpaired) electrons. The fourth-order valence-electron chi connectivity index (χ4n) is 1.47. The highest BCUT2D eigenvalue weighted by atomic mass is 35.5. The van der Waals surface area contributed by atoms with Gasteiger partial charge in [0.15, 0.2) is 0 Å². The van der Waals surface area contributed by atoms with Crippen LogP contribution in [-0.4, -0.2) is 5.11 Å². The summed E-state index contributed by atoms with van der Waals surface area (Å²) in [6, 6.07) is 10.2. The second kappa shape index (κ2) is 5.81. The van der Waals surface area contributed by atoms with E-state index in [-0.39, 0.29) is 6.61 Å². The van der Waals surface area contributed by atoms with Gasteiger partial charge < -0.3 is 9.84 Å². The van der Waals surface area contributed by atoms with E-state index in [2.05, 4.69) is 0 Å². The summed E-state index contributed by atoms with van der Waals surface area (Å²) in [4.78, 5) is 0. The number of hydrogen-bond donors (Lipinski definition) is 1. The fraction of sp³-hybridized carbons (Fsp3) is 0.0769. The van der Waals surface area contributed by atoms with Gasteiger partial charge in [0, 0.05) is 10.6 Å². The van der Waals surface area contributed by atoms with Crippen LogP contribution >= 0.6 is 34.8 Å². The molecule has 5 heteroatoms. The van der Waals surface area contributed by atoms with E-state index in [4.69, 9.17) is 39.5 Å². The number of ether oxygens (including phenoxy) is 1. The van der Waals surface area contributed by atoms with Crippen LogP contribution in [0.25, 0.3) is 0 Å². The monoisotopic (exact) mass is 302 g/mol. The summed E-state index contributed by atoms with van der Waals surface area (Å²) in [5, 5.41) is 10.4. The molecule has 0 saturated heterocycles. The van der Waals surface area contributed by atoms with E-state index in [1.807, 2.05) is 0 Å². The molecule has 1 N–H and O–H groups in total. The van der Waals surface area contributed by atoms with Gasteiger partial charge in [0.2, 0.25) is 0 Å². The molecular weight excluding hydrogens is 294 g/mol. The summed E-state index contributed by atoms with van der Waals surface area (Å²) in [5.74, 6) is 0.871. The number of hydrogen-bond acceptors (Lipinski definition) is 2. The van der Waals surface area contributed by atoms with E-state index in [1.54, 1.807) is 36.4 Å². The van der Waals surface area contributed by atoms with E-state index in [0.717, 1.165) is 0 Å². The predicted octanol–water partition coefficient (Wildman–Crippen LogP) is 4.93. The average Bonchev–Trinajstić information content (AvgIpc) is 2.35. The molecule has 0 spiro atoms. The van der Waals surface area contributed by atoms with Crippen molar-refractivity contribution in [2.24, 2.45) is 0 Å². The van der Waals surface area contributed by atoms with Gasteiger partial charge in [0.25, 0.3) is 0 Å². The van der Waals surface area contributed by atoms with E-state index in [0.29, 0.717) is 32.1 Å². The number of rotatable bonds is 3. The first-order chi connectivity index (χ1) is 8.63. The van der Waals surface area contributed by atoms with E-state index < -0.39 is 0 Å². The molecule has 0 aliphatic heterocycles. The Morgan fingerprint density at radius 3 is 2.17 bits per heavy atom. The van der Waals surface area contributed by atoms with Gasteiger partial charge in [-0.05, 0) is 24.3 Å². The molecule has 0 aliphatic rings. The van der Waals surface area contributed by atoms with Gasteiger partial charge >= 0.3 is 0 Å². The Morgan fingerprint density at radius 2 is 1.50 bits per heavy atom. The lowest BCUT2D eigenvalue weighted by molar-refractivity contribution is 0.276. The zero-order valence-electron chi connectivity index (χ0n) is 9.16. The van der Waals surface area contributed by atoms with Crippen LogP contribution in [0, 0.1) is 0 Å². The first-order valence-corrected chi connectivity index (χ1v) is 6.27. The summed E-state index contributed by atoms with van der Waals surface area (Å²) in [5.41, 5.74) is 0.509. The summed E-state index contributed by atoms with van der Waals surface area (Å²) < 4.78 is 5.63. The smallest absolute Gasteiger partial charge is 0.147 e. The lowest BCUT2D eigenvalue weighted by Gasteiger charge is -2.12. The minimum absolute atomic E-state index is 0.215. The van der Waals surface area contributed by atoms with E-state index >= 15 is 0 Å². The molecule has 0 fully saturated rings. The molecule has 0 saturated carbocycles. The van der Waals surface area contributed by atoms with Gasteiger partial charge in [0.1, 0.15) is 16.5 Å². The fourth-order valence-corrected chi connectivity index (χ4v) is 2.03. The second-order valence-corrected chi connectivity index (χ2v) is 4.72. The van der Waals surface area contributed by atoms with Crippen LogP contribution in [-0.2, 0) is 6.61 Å². The quantitative estimate of drug-likeness (QED) is 0.871. The lowest BCUT2D eigenvalue weighted by Crippen LogP contribution is -1.93. The zero-order valence-corrected chi connectivity index (χ0v) is 11.4. The standard InChI is InChI=1S/C13H9Cl3O2/c14-9-3-1-5-11(8(9)7-17)18-12-6-2-4-10(15)13(12)16/h1-6,17H,7H2. The Morgan fingerprint density at radius 1 is 0.889 bits per heavy atom. The molecule has 0 atom stereocenters. The highest BCUT2D eigenvalue weighted by Gasteiger charge is 2.11. The van der Waals surface area contributed by atoms with Crippen molar-refractivity contribution < 1.29 is 9.84 Å². The summed E-state index contributed by atoms with van der Waals surface area (Å²) in [7, 11) is 0. The summed E-state index contributed by atoms with van der Waals surface area (Å²) >= 11 is 17.9. The normalized spacial score (nSPS) is 10.4. The van der Waals surface area contributed by atoms with E-state index in [1.165, 1.54) is 0 Å². The Labute approximate surface area is 120 Å². The van der Waals surface area contributed by atoms with Gasteiger partial charge in [-0.3, -0.25) is 0 Å². The van der Waals surface area contributed by atoms with Crippen LogP contribution in [0.15, 0.2) is 36.4 Å². The Balaban J connectivity index is 2.40. The lowest BCUT2D eigenvalue weighted by atomic mass is 10.2. The van der Waals surface area contributed by atoms with Crippen LogP contribution in [0.3, 0.4) is 0 Å². The van der Waals surface area contributed by atoms with Crippen molar-refractivity contribution >= 4 is 34.8 Å². The molecule has 0 bridgehead atoms. The predicted molar refractivity (Wildman–Crippen MR) is 73.9 cm³/mol. The van der Waals surface area contributed by atoms with Crippen LogP contribution in [0.4, 0.5) is 0 Å². The largest absolute Gasteiger partial charge is 0.455 e. The molecule has 2 aromatic rings. The molecule has 0 aliphatic carbocycles. The topological polar surface area (TPSA) is 29.5 Å². The molecule has 0 amide bonds. The van der Waals surface area contributed by atoms with Crippen molar-refractivity contribution in [1.29, 1.82) is 0 Å². The molecule has 2 rings (SSSR count). The van der Waals surface area contributed by atoms with Gasteiger partial charge in [-0.15, -0.1) is 0 Å². The third kappa shape index (κ3) is 2.73. The van der Waals surface area contributed by atoms with Crippen molar-refractivity contribution in [2.45, 2.75) is 6.61 Å². The van der Waals surface area contributed by atoms with Gasteiger partial charge in [-0.1, -0.05) is 46.9 Å². The second-order valence-electron chi connectivity index (χ2n) is 3.53. The molecule has 94 valence electrons. The molecule has 0 aromatic heterocycles. The SMILES string of the molecule is OCc1c(Cl)cccc1Oc1cccc(Cl)c1Cl. The van der Waals surface area contributed by atoms with Crippen molar-refractivity contribution in [3.05, 3.63) is 57.0 Å². The molecular formula is C13H9Cl3O2. The van der Waals surface area contributed by atoms with Crippen molar-refractivity contribution in [3.63, 3.8) is 0 Å². The summed E-state index contributed by atoms with van der Waals surface area (Å²) in [6.45, 7) is -0.215. The van der Waals surface area contributed by atoms with Crippen LogP contribution in [0.1, 0.15) is 5.56 Å².